The number of hydrogen-bond acceptors (Lipinski definition) is 6. The quantitative estimate of drug-likeness (QED) is 0.771. The molecule has 27 heavy (non-hydrogen) atoms. The molecule has 7 nitrogen and oxygen atoms in total. The predicted octanol–water partition coefficient (Wildman–Crippen LogP) is 2.03. The number of anilines is 2. The number of aromatic nitrogens is 3. The number of nitriles is 1. The number of pyridine rings is 1. The molecule has 0 unspecified atom stereocenters. The fourth-order valence-electron chi connectivity index (χ4n) is 3.25. The first kappa shape index (κ1) is 16.8. The molecule has 0 atom stereocenters. The first-order valence-electron chi connectivity index (χ1n) is 8.76. The Bertz CT molecular complexity index is 1020. The predicted molar refractivity (Wildman–Crippen MR) is 104 cm³/mol. The van der Waals surface area contributed by atoms with E-state index < -0.39 is 5.56 Å². The van der Waals surface area contributed by atoms with Crippen LogP contribution in [0.4, 0.5) is 11.5 Å². The lowest BCUT2D eigenvalue weighted by molar-refractivity contribution is 0.646. The summed E-state index contributed by atoms with van der Waals surface area (Å²) in [6.07, 6.45) is 3.29. The lowest BCUT2D eigenvalue weighted by Crippen LogP contribution is -2.47. The van der Waals surface area contributed by atoms with E-state index in [0.29, 0.717) is 24.7 Å². The highest BCUT2D eigenvalue weighted by Crippen LogP contribution is 2.22. The summed E-state index contributed by atoms with van der Waals surface area (Å²) in [5.41, 5.74) is 1.57. The van der Waals surface area contributed by atoms with Gasteiger partial charge in [-0.1, -0.05) is 18.2 Å². The lowest BCUT2D eigenvalue weighted by atomic mass is 10.2. The topological polar surface area (TPSA) is 88.9 Å². The zero-order valence-corrected chi connectivity index (χ0v) is 14.7. The first-order chi connectivity index (χ1) is 13.3. The fourth-order valence-corrected chi connectivity index (χ4v) is 3.25. The van der Waals surface area contributed by atoms with E-state index in [2.05, 4.69) is 32.0 Å². The first-order valence-corrected chi connectivity index (χ1v) is 8.76. The van der Waals surface area contributed by atoms with Crippen LogP contribution in [0.1, 0.15) is 5.56 Å². The Morgan fingerprint density at radius 2 is 1.63 bits per heavy atom. The molecule has 1 saturated heterocycles. The van der Waals surface area contributed by atoms with E-state index >= 15 is 0 Å². The van der Waals surface area contributed by atoms with E-state index in [4.69, 9.17) is 0 Å². The van der Waals surface area contributed by atoms with Gasteiger partial charge in [0.05, 0.1) is 0 Å². The van der Waals surface area contributed by atoms with E-state index in [9.17, 15) is 10.1 Å². The van der Waals surface area contributed by atoms with E-state index in [1.807, 2.05) is 29.2 Å². The lowest BCUT2D eigenvalue weighted by Gasteiger charge is -2.37. The second kappa shape index (κ2) is 7.30. The molecule has 1 aliphatic heterocycles. The summed E-state index contributed by atoms with van der Waals surface area (Å²) >= 11 is 0. The van der Waals surface area contributed by atoms with Crippen molar-refractivity contribution in [3.8, 4) is 17.5 Å². The maximum Gasteiger partial charge on any atom is 0.271 e. The van der Waals surface area contributed by atoms with E-state index in [1.165, 1.54) is 5.69 Å². The van der Waals surface area contributed by atoms with Gasteiger partial charge in [-0.25, -0.2) is 4.98 Å². The van der Waals surface area contributed by atoms with Crippen molar-refractivity contribution in [1.29, 1.82) is 5.26 Å². The molecule has 0 amide bonds. The Labute approximate surface area is 156 Å². The summed E-state index contributed by atoms with van der Waals surface area (Å²) in [5, 5.41) is 9.46. The Balaban J connectivity index is 1.63. The summed E-state index contributed by atoms with van der Waals surface area (Å²) < 4.78 is 0. The average Bonchev–Trinajstić information content (AvgIpc) is 2.74. The molecule has 0 bridgehead atoms. The maximum atomic E-state index is 12.4. The molecule has 3 aromatic rings. The molecule has 134 valence electrons. The molecule has 4 rings (SSSR count). The fraction of sp³-hybridized carbons (Fsp3) is 0.200. The Morgan fingerprint density at radius 3 is 2.30 bits per heavy atom. The monoisotopic (exact) mass is 358 g/mol. The van der Waals surface area contributed by atoms with Gasteiger partial charge in [-0.05, 0) is 24.3 Å². The minimum absolute atomic E-state index is 0.0565. The maximum absolute atomic E-state index is 12.4. The molecule has 1 aromatic carbocycles. The van der Waals surface area contributed by atoms with Gasteiger partial charge in [0.2, 0.25) is 0 Å². The zero-order chi connectivity index (χ0) is 18.6. The number of para-hydroxylation sites is 1. The van der Waals surface area contributed by atoms with Crippen LogP contribution in [0.2, 0.25) is 0 Å². The average molecular weight is 358 g/mol. The van der Waals surface area contributed by atoms with Gasteiger partial charge in [0.25, 0.3) is 5.56 Å². The minimum Gasteiger partial charge on any atom is -0.368 e. The number of H-pyrrole nitrogens is 1. The molecule has 0 saturated carbocycles. The number of nitrogens with zero attached hydrogens (tertiary/aromatic N) is 5. The number of aromatic amines is 1. The SMILES string of the molecule is N#Cc1c(N2CCN(c3ccccc3)CC2)nc(-c2ccncc2)[nH]c1=O. The molecule has 2 aromatic heterocycles. The molecular formula is C20H18N6O. The van der Waals surface area contributed by atoms with Gasteiger partial charge in [-0.15, -0.1) is 0 Å². The van der Waals surface area contributed by atoms with Crippen molar-refractivity contribution in [3.05, 3.63) is 70.8 Å². The van der Waals surface area contributed by atoms with Crippen LogP contribution < -0.4 is 15.4 Å². The second-order valence-electron chi connectivity index (χ2n) is 6.27. The summed E-state index contributed by atoms with van der Waals surface area (Å²) in [7, 11) is 0. The Hall–Kier alpha value is -3.66. The van der Waals surface area contributed by atoms with Crippen molar-refractivity contribution < 1.29 is 0 Å². The third kappa shape index (κ3) is 3.37. The van der Waals surface area contributed by atoms with Crippen molar-refractivity contribution in [3.63, 3.8) is 0 Å². The largest absolute Gasteiger partial charge is 0.368 e. The van der Waals surface area contributed by atoms with Crippen LogP contribution in [0, 0.1) is 11.3 Å². The van der Waals surface area contributed by atoms with E-state index in [0.717, 1.165) is 18.7 Å². The number of piperazine rings is 1. The standard InChI is InChI=1S/C20H18N6O/c21-14-17-19(23-18(24-20(17)27)15-6-8-22-9-7-15)26-12-10-25(11-13-26)16-4-2-1-3-5-16/h1-9H,10-13H2,(H,23,24,27). The molecule has 0 spiro atoms. The van der Waals surface area contributed by atoms with Crippen LogP contribution >= 0.6 is 0 Å². The number of nitrogens with one attached hydrogen (secondary N) is 1. The van der Waals surface area contributed by atoms with Crippen LogP contribution in [0.3, 0.4) is 0 Å². The van der Waals surface area contributed by atoms with Crippen LogP contribution in [-0.2, 0) is 0 Å². The highest BCUT2D eigenvalue weighted by atomic mass is 16.1. The molecule has 0 radical (unpaired) electrons. The second-order valence-corrected chi connectivity index (χ2v) is 6.27. The van der Waals surface area contributed by atoms with E-state index in [1.54, 1.807) is 24.5 Å². The van der Waals surface area contributed by atoms with Crippen molar-refractivity contribution in [2.45, 2.75) is 0 Å². The summed E-state index contributed by atoms with van der Waals surface area (Å²) in [6.45, 7) is 2.98. The third-order valence-corrected chi connectivity index (χ3v) is 4.67. The number of hydrogen-bond donors (Lipinski definition) is 1. The van der Waals surface area contributed by atoms with Crippen molar-refractivity contribution in [2.24, 2.45) is 0 Å². The van der Waals surface area contributed by atoms with Gasteiger partial charge in [-0.3, -0.25) is 9.78 Å². The normalized spacial score (nSPS) is 14.0. The zero-order valence-electron chi connectivity index (χ0n) is 14.7. The van der Waals surface area contributed by atoms with Crippen LogP contribution in [0.15, 0.2) is 59.7 Å². The smallest absolute Gasteiger partial charge is 0.271 e. The van der Waals surface area contributed by atoms with Crippen molar-refractivity contribution in [2.75, 3.05) is 36.0 Å². The van der Waals surface area contributed by atoms with Gasteiger partial charge in [-0.2, -0.15) is 5.26 Å². The van der Waals surface area contributed by atoms with Gasteiger partial charge < -0.3 is 14.8 Å². The number of rotatable bonds is 3. The highest BCUT2D eigenvalue weighted by molar-refractivity contribution is 5.61. The molecule has 1 N–H and O–H groups in total. The van der Waals surface area contributed by atoms with Crippen LogP contribution in [0.5, 0.6) is 0 Å². The molecule has 7 heteroatoms. The van der Waals surface area contributed by atoms with Crippen LogP contribution in [0.25, 0.3) is 11.4 Å². The molecule has 3 heterocycles. The van der Waals surface area contributed by atoms with Crippen molar-refractivity contribution >= 4 is 11.5 Å². The highest BCUT2D eigenvalue weighted by Gasteiger charge is 2.23. The summed E-state index contributed by atoms with van der Waals surface area (Å²) in [4.78, 5) is 28.0. The van der Waals surface area contributed by atoms with Gasteiger partial charge >= 0.3 is 0 Å². The van der Waals surface area contributed by atoms with Crippen molar-refractivity contribution in [1.82, 2.24) is 15.0 Å². The van der Waals surface area contributed by atoms with E-state index in [-0.39, 0.29) is 5.56 Å². The van der Waals surface area contributed by atoms with Gasteiger partial charge in [0.15, 0.2) is 11.4 Å². The Kier molecular flexibility index (Phi) is 4.54. The summed E-state index contributed by atoms with van der Waals surface area (Å²) in [6, 6.07) is 15.8. The molecule has 0 aliphatic carbocycles. The molecule has 1 aliphatic rings. The molecular weight excluding hydrogens is 340 g/mol. The number of benzene rings is 1. The van der Waals surface area contributed by atoms with Gasteiger partial charge in [0, 0.05) is 49.8 Å². The minimum atomic E-state index is -0.417. The Morgan fingerprint density at radius 1 is 0.963 bits per heavy atom. The van der Waals surface area contributed by atoms with Crippen LogP contribution in [-0.4, -0.2) is 41.1 Å². The van der Waals surface area contributed by atoms with Gasteiger partial charge in [0.1, 0.15) is 11.9 Å². The summed E-state index contributed by atoms with van der Waals surface area (Å²) in [5.74, 6) is 0.891. The third-order valence-electron chi connectivity index (χ3n) is 4.67. The molecule has 1 fully saturated rings.